The molecule has 3 aromatic heterocycles. The van der Waals surface area contributed by atoms with Crippen molar-refractivity contribution in [3.05, 3.63) is 78.9 Å². The Labute approximate surface area is 155 Å². The maximum Gasteiger partial charge on any atom is 0.0620 e. The molecule has 0 radical (unpaired) electrons. The summed E-state index contributed by atoms with van der Waals surface area (Å²) in [7, 11) is 2.17. The lowest BCUT2D eigenvalue weighted by atomic mass is 10.1. The van der Waals surface area contributed by atoms with Gasteiger partial charge in [-0.15, -0.1) is 0 Å². The lowest BCUT2D eigenvalue weighted by Crippen LogP contribution is -1.87. The van der Waals surface area contributed by atoms with Crippen LogP contribution in [0.2, 0.25) is 0 Å². The zero-order valence-corrected chi connectivity index (χ0v) is 14.9. The summed E-state index contributed by atoms with van der Waals surface area (Å²) in [5, 5.41) is 8.01. The van der Waals surface area contributed by atoms with Crippen LogP contribution in [0.1, 0.15) is 0 Å². The van der Waals surface area contributed by atoms with Crippen LogP contribution in [0.15, 0.2) is 78.9 Å². The highest BCUT2D eigenvalue weighted by atomic mass is 15.0. The maximum absolute atomic E-state index is 2.45. The van der Waals surface area contributed by atoms with Crippen LogP contribution < -0.4 is 0 Å². The van der Waals surface area contributed by atoms with Gasteiger partial charge >= 0.3 is 0 Å². The standard InChI is InChI=1S/C25H16N2/c1-26-21-11-4-2-8-16(21)19-13-20-18-10-6-9-17-15-7-3-5-12-22(15)27(25(17)18)24(20)14-23(19)26/h2-14H,1H3. The van der Waals surface area contributed by atoms with Crippen molar-refractivity contribution in [3.63, 3.8) is 0 Å². The van der Waals surface area contributed by atoms with Gasteiger partial charge in [0.15, 0.2) is 0 Å². The van der Waals surface area contributed by atoms with Gasteiger partial charge < -0.3 is 8.97 Å². The molecular formula is C25H16N2. The largest absolute Gasteiger partial charge is 0.344 e. The molecule has 7 rings (SSSR count). The minimum absolute atomic E-state index is 1.28. The van der Waals surface area contributed by atoms with Gasteiger partial charge in [-0.2, -0.15) is 0 Å². The molecule has 2 nitrogen and oxygen atoms in total. The number of rotatable bonds is 0. The third kappa shape index (κ3) is 1.46. The van der Waals surface area contributed by atoms with Crippen LogP contribution in [0.25, 0.3) is 59.9 Å². The molecule has 0 N–H and O–H groups in total. The Bertz CT molecular complexity index is 1680. The van der Waals surface area contributed by atoms with Gasteiger partial charge in [-0.3, -0.25) is 0 Å². The fraction of sp³-hybridized carbons (Fsp3) is 0.0400. The summed E-state index contributed by atoms with van der Waals surface area (Å²) in [4.78, 5) is 0. The molecular weight excluding hydrogens is 328 g/mol. The first-order valence-electron chi connectivity index (χ1n) is 9.37. The predicted octanol–water partition coefficient (Wildman–Crippen LogP) is 6.48. The van der Waals surface area contributed by atoms with Crippen molar-refractivity contribution in [2.75, 3.05) is 0 Å². The topological polar surface area (TPSA) is 9.34 Å². The fourth-order valence-electron chi connectivity index (χ4n) is 5.08. The van der Waals surface area contributed by atoms with E-state index in [1.165, 1.54) is 59.9 Å². The number of aryl methyl sites for hydroxylation is 1. The second kappa shape index (κ2) is 4.41. The number of fused-ring (bicyclic) bond motifs is 9. The first-order valence-corrected chi connectivity index (χ1v) is 9.37. The number of benzene rings is 4. The smallest absolute Gasteiger partial charge is 0.0620 e. The highest BCUT2D eigenvalue weighted by molar-refractivity contribution is 6.25. The molecule has 4 aromatic carbocycles. The van der Waals surface area contributed by atoms with Crippen LogP contribution in [0.3, 0.4) is 0 Å². The first-order chi connectivity index (χ1) is 13.3. The Morgan fingerprint density at radius 2 is 1.07 bits per heavy atom. The molecule has 0 fully saturated rings. The van der Waals surface area contributed by atoms with E-state index in [2.05, 4.69) is 94.9 Å². The zero-order valence-electron chi connectivity index (χ0n) is 14.9. The molecule has 27 heavy (non-hydrogen) atoms. The monoisotopic (exact) mass is 344 g/mol. The highest BCUT2D eigenvalue weighted by Gasteiger charge is 2.18. The van der Waals surface area contributed by atoms with Crippen LogP contribution in [-0.2, 0) is 7.05 Å². The van der Waals surface area contributed by atoms with E-state index in [9.17, 15) is 0 Å². The predicted molar refractivity (Wildman–Crippen MR) is 115 cm³/mol. The normalized spacial score (nSPS) is 12.6. The summed E-state index contributed by atoms with van der Waals surface area (Å²) in [6, 6.07) is 28.9. The minimum Gasteiger partial charge on any atom is -0.344 e. The molecule has 126 valence electrons. The third-order valence-corrected chi connectivity index (χ3v) is 6.26. The second-order valence-corrected chi connectivity index (χ2v) is 7.52. The van der Waals surface area contributed by atoms with Crippen LogP contribution in [-0.4, -0.2) is 8.97 Å². The minimum atomic E-state index is 1.28. The summed E-state index contributed by atoms with van der Waals surface area (Å²) in [5.74, 6) is 0. The van der Waals surface area contributed by atoms with Gasteiger partial charge in [-0.25, -0.2) is 0 Å². The van der Waals surface area contributed by atoms with Crippen LogP contribution in [0.4, 0.5) is 0 Å². The van der Waals surface area contributed by atoms with E-state index in [4.69, 9.17) is 0 Å². The number of aromatic nitrogens is 2. The van der Waals surface area contributed by atoms with Gasteiger partial charge in [0, 0.05) is 44.9 Å². The average Bonchev–Trinajstić information content (AvgIpc) is 3.33. The van der Waals surface area contributed by atoms with E-state index in [-0.39, 0.29) is 0 Å². The van der Waals surface area contributed by atoms with E-state index in [1.54, 1.807) is 0 Å². The SMILES string of the molecule is Cn1c2ccccc2c2cc3c4cccc5c6ccccc6n(c3cc21)c54. The molecule has 3 heterocycles. The number of nitrogens with zero attached hydrogens (tertiary/aromatic N) is 2. The quantitative estimate of drug-likeness (QED) is 0.298. The summed E-state index contributed by atoms with van der Waals surface area (Å²) in [5.41, 5.74) is 6.49. The van der Waals surface area contributed by atoms with Crippen molar-refractivity contribution < 1.29 is 0 Å². The number of para-hydroxylation sites is 3. The lowest BCUT2D eigenvalue weighted by Gasteiger charge is -2.01. The van der Waals surface area contributed by atoms with Gasteiger partial charge in [0.2, 0.25) is 0 Å². The van der Waals surface area contributed by atoms with Crippen molar-refractivity contribution in [2.45, 2.75) is 0 Å². The molecule has 0 unspecified atom stereocenters. The lowest BCUT2D eigenvalue weighted by molar-refractivity contribution is 1.01. The maximum atomic E-state index is 2.45. The van der Waals surface area contributed by atoms with Gasteiger partial charge in [0.25, 0.3) is 0 Å². The zero-order chi connectivity index (χ0) is 17.7. The van der Waals surface area contributed by atoms with Crippen LogP contribution >= 0.6 is 0 Å². The Balaban J connectivity index is 1.85. The number of hydrogen-bond acceptors (Lipinski definition) is 0. The van der Waals surface area contributed by atoms with Gasteiger partial charge in [0.05, 0.1) is 22.1 Å². The van der Waals surface area contributed by atoms with E-state index < -0.39 is 0 Å². The summed E-state index contributed by atoms with van der Waals surface area (Å²) >= 11 is 0. The molecule has 0 aliphatic carbocycles. The molecule has 0 saturated carbocycles. The molecule has 0 bridgehead atoms. The van der Waals surface area contributed by atoms with E-state index in [0.29, 0.717) is 0 Å². The Morgan fingerprint density at radius 3 is 1.89 bits per heavy atom. The second-order valence-electron chi connectivity index (χ2n) is 7.52. The van der Waals surface area contributed by atoms with Crippen molar-refractivity contribution >= 4 is 59.9 Å². The molecule has 0 aliphatic heterocycles. The van der Waals surface area contributed by atoms with E-state index >= 15 is 0 Å². The van der Waals surface area contributed by atoms with E-state index in [0.717, 1.165) is 0 Å². The fourth-order valence-corrected chi connectivity index (χ4v) is 5.08. The van der Waals surface area contributed by atoms with Gasteiger partial charge in [-0.1, -0.05) is 54.6 Å². The van der Waals surface area contributed by atoms with E-state index in [1.807, 2.05) is 0 Å². The molecule has 0 saturated heterocycles. The summed E-state index contributed by atoms with van der Waals surface area (Å²) in [6.45, 7) is 0. The van der Waals surface area contributed by atoms with Crippen molar-refractivity contribution in [3.8, 4) is 0 Å². The number of hydrogen-bond donors (Lipinski definition) is 0. The van der Waals surface area contributed by atoms with Gasteiger partial charge in [0.1, 0.15) is 0 Å². The van der Waals surface area contributed by atoms with Gasteiger partial charge in [-0.05, 0) is 24.3 Å². The molecule has 0 amide bonds. The Hall–Kier alpha value is -3.52. The summed E-state index contributed by atoms with van der Waals surface area (Å²) < 4.78 is 4.77. The van der Waals surface area contributed by atoms with Crippen molar-refractivity contribution in [1.29, 1.82) is 0 Å². The van der Waals surface area contributed by atoms with Crippen LogP contribution in [0, 0.1) is 0 Å². The third-order valence-electron chi connectivity index (χ3n) is 6.26. The Morgan fingerprint density at radius 1 is 0.481 bits per heavy atom. The molecule has 2 heteroatoms. The molecule has 7 aromatic rings. The highest BCUT2D eigenvalue weighted by Crippen LogP contribution is 2.41. The molecule has 0 atom stereocenters. The van der Waals surface area contributed by atoms with Crippen molar-refractivity contribution in [2.24, 2.45) is 7.05 Å². The molecule has 0 spiro atoms. The van der Waals surface area contributed by atoms with Crippen LogP contribution in [0.5, 0.6) is 0 Å². The molecule has 0 aliphatic rings. The average molecular weight is 344 g/mol. The van der Waals surface area contributed by atoms with Crippen molar-refractivity contribution in [1.82, 2.24) is 8.97 Å². The summed E-state index contributed by atoms with van der Waals surface area (Å²) in [6.07, 6.45) is 0. The first kappa shape index (κ1) is 13.7. The Kier molecular flexibility index (Phi) is 2.23.